The van der Waals surface area contributed by atoms with Crippen molar-refractivity contribution in [3.8, 4) is 0 Å². The molecule has 1 amide bonds. The molecule has 1 heterocycles. The summed E-state index contributed by atoms with van der Waals surface area (Å²) in [5, 5.41) is 6.57. The van der Waals surface area contributed by atoms with Crippen LogP contribution in [0.1, 0.15) is 27.7 Å². The average molecular weight is 238 g/mol. The molecule has 0 unspecified atom stereocenters. The highest BCUT2D eigenvalue weighted by atomic mass is 16.6. The number of carbonyl (C=O) groups is 1. The van der Waals surface area contributed by atoms with Gasteiger partial charge in [0.05, 0.1) is 0 Å². The second kappa shape index (κ2) is 5.47. The molecule has 17 heavy (non-hydrogen) atoms. The lowest BCUT2D eigenvalue weighted by atomic mass is 10.2. The highest BCUT2D eigenvalue weighted by Crippen LogP contribution is 2.06. The van der Waals surface area contributed by atoms with Crippen LogP contribution in [-0.2, 0) is 4.74 Å². The van der Waals surface area contributed by atoms with Crippen molar-refractivity contribution < 1.29 is 9.53 Å². The molecule has 0 fully saturated rings. The summed E-state index contributed by atoms with van der Waals surface area (Å²) in [6.45, 7) is 7.83. The number of carbonyl (C=O) groups excluding carboxylic acids is 1. The summed E-state index contributed by atoms with van der Waals surface area (Å²) >= 11 is 0. The smallest absolute Gasteiger partial charge is 0.414 e. The molecule has 1 N–H and O–H groups in total. The van der Waals surface area contributed by atoms with Crippen molar-refractivity contribution in [2.24, 2.45) is 4.99 Å². The molecule has 6 nitrogen and oxygen atoms in total. The molecule has 0 spiro atoms. The summed E-state index contributed by atoms with van der Waals surface area (Å²) < 4.78 is 6.62. The minimum atomic E-state index is -0.541. The minimum absolute atomic E-state index is 0.353. The van der Waals surface area contributed by atoms with Crippen molar-refractivity contribution >= 4 is 12.1 Å². The van der Waals surface area contributed by atoms with E-state index in [1.807, 2.05) is 6.92 Å². The van der Waals surface area contributed by atoms with Gasteiger partial charge in [0, 0.05) is 18.9 Å². The molecule has 6 heteroatoms. The summed E-state index contributed by atoms with van der Waals surface area (Å²) in [4.78, 5) is 15.7. The van der Waals surface area contributed by atoms with Crippen LogP contribution < -0.4 is 5.32 Å². The largest absolute Gasteiger partial charge is 0.444 e. The van der Waals surface area contributed by atoms with Crippen molar-refractivity contribution in [3.63, 3.8) is 0 Å². The molecule has 0 bridgehead atoms. The number of nitrogens with zero attached hydrogens (tertiary/aromatic N) is 3. The van der Waals surface area contributed by atoms with Crippen molar-refractivity contribution in [1.29, 1.82) is 0 Å². The predicted octanol–water partition coefficient (Wildman–Crippen LogP) is 1.63. The van der Waals surface area contributed by atoms with Gasteiger partial charge in [-0.05, 0) is 33.8 Å². The van der Waals surface area contributed by atoms with E-state index in [0.29, 0.717) is 12.5 Å². The van der Waals surface area contributed by atoms with E-state index in [2.05, 4.69) is 15.4 Å². The van der Waals surface area contributed by atoms with E-state index in [1.165, 1.54) is 4.68 Å². The molecule has 0 saturated heterocycles. The maximum absolute atomic E-state index is 11.6. The third kappa shape index (κ3) is 4.67. The third-order valence-corrected chi connectivity index (χ3v) is 1.64. The monoisotopic (exact) mass is 238 g/mol. The van der Waals surface area contributed by atoms with E-state index in [-0.39, 0.29) is 0 Å². The van der Waals surface area contributed by atoms with Crippen molar-refractivity contribution in [2.75, 3.05) is 6.54 Å². The Hall–Kier alpha value is -1.85. The average Bonchev–Trinajstić information content (AvgIpc) is 2.66. The number of alkyl carbamates (subject to hydrolysis) is 1. The highest BCUT2D eigenvalue weighted by Gasteiger charge is 2.17. The number of hydrogen-bond donors (Lipinski definition) is 1. The van der Waals surface area contributed by atoms with Crippen LogP contribution in [0.25, 0.3) is 0 Å². The molecule has 0 saturated carbocycles. The fourth-order valence-electron chi connectivity index (χ4n) is 1.11. The second-order valence-corrected chi connectivity index (χ2v) is 4.38. The second-order valence-electron chi connectivity index (χ2n) is 4.38. The SMILES string of the molecule is CCN=C(NC(=O)OC(C)(C)C)n1cccn1. The number of aromatic nitrogens is 2. The minimum Gasteiger partial charge on any atom is -0.444 e. The van der Waals surface area contributed by atoms with Crippen LogP contribution >= 0.6 is 0 Å². The van der Waals surface area contributed by atoms with Gasteiger partial charge in [-0.25, -0.2) is 9.48 Å². The lowest BCUT2D eigenvalue weighted by Crippen LogP contribution is -2.40. The summed E-state index contributed by atoms with van der Waals surface area (Å²) in [5.74, 6) is 0.353. The molecule has 0 radical (unpaired) electrons. The van der Waals surface area contributed by atoms with Crippen LogP contribution in [0, 0.1) is 0 Å². The molecule has 0 aliphatic carbocycles. The van der Waals surface area contributed by atoms with Crippen LogP contribution in [0.3, 0.4) is 0 Å². The first kappa shape index (κ1) is 13.2. The Balaban J connectivity index is 2.70. The van der Waals surface area contributed by atoms with E-state index < -0.39 is 11.7 Å². The number of amides is 1. The van der Waals surface area contributed by atoms with Gasteiger partial charge < -0.3 is 4.74 Å². The first-order chi connectivity index (χ1) is 7.92. The van der Waals surface area contributed by atoms with Crippen LogP contribution in [0.4, 0.5) is 4.79 Å². The molecule has 94 valence electrons. The van der Waals surface area contributed by atoms with Gasteiger partial charge in [-0.15, -0.1) is 0 Å². The van der Waals surface area contributed by atoms with Crippen LogP contribution in [-0.4, -0.2) is 34.0 Å². The molecule has 1 aromatic heterocycles. The predicted molar refractivity (Wildman–Crippen MR) is 65.0 cm³/mol. The summed E-state index contributed by atoms with van der Waals surface area (Å²) in [5.41, 5.74) is -0.536. The van der Waals surface area contributed by atoms with Gasteiger partial charge in [0.2, 0.25) is 5.96 Å². The molecule has 0 aromatic carbocycles. The van der Waals surface area contributed by atoms with Gasteiger partial charge >= 0.3 is 6.09 Å². The first-order valence-corrected chi connectivity index (χ1v) is 5.47. The summed E-state index contributed by atoms with van der Waals surface area (Å²) in [6.07, 6.45) is 2.77. The van der Waals surface area contributed by atoms with Gasteiger partial charge in [0.25, 0.3) is 0 Å². The van der Waals surface area contributed by atoms with Crippen molar-refractivity contribution in [3.05, 3.63) is 18.5 Å². The summed E-state index contributed by atoms with van der Waals surface area (Å²) in [7, 11) is 0. The van der Waals surface area contributed by atoms with Crippen molar-refractivity contribution in [2.45, 2.75) is 33.3 Å². The molecule has 0 aliphatic heterocycles. The van der Waals surface area contributed by atoms with Gasteiger partial charge in [-0.1, -0.05) is 0 Å². The fraction of sp³-hybridized carbons (Fsp3) is 0.545. The maximum atomic E-state index is 11.6. The first-order valence-electron chi connectivity index (χ1n) is 5.47. The number of rotatable bonds is 1. The quantitative estimate of drug-likeness (QED) is 0.597. The molecule has 0 atom stereocenters. The normalized spacial score (nSPS) is 12.4. The number of nitrogens with one attached hydrogen (secondary N) is 1. The zero-order valence-electron chi connectivity index (χ0n) is 10.6. The Morgan fingerprint density at radius 3 is 2.71 bits per heavy atom. The zero-order chi connectivity index (χ0) is 12.9. The lowest BCUT2D eigenvalue weighted by molar-refractivity contribution is 0.0561. The lowest BCUT2D eigenvalue weighted by Gasteiger charge is -2.20. The number of hydrogen-bond acceptors (Lipinski definition) is 4. The topological polar surface area (TPSA) is 68.5 Å². The molecule has 1 rings (SSSR count). The molecular formula is C11H18N4O2. The van der Waals surface area contributed by atoms with E-state index in [4.69, 9.17) is 4.74 Å². The van der Waals surface area contributed by atoms with E-state index in [9.17, 15) is 4.79 Å². The maximum Gasteiger partial charge on any atom is 0.414 e. The van der Waals surface area contributed by atoms with Crippen LogP contribution in [0.15, 0.2) is 23.5 Å². The van der Waals surface area contributed by atoms with Crippen LogP contribution in [0.2, 0.25) is 0 Å². The van der Waals surface area contributed by atoms with Gasteiger partial charge in [-0.3, -0.25) is 10.3 Å². The van der Waals surface area contributed by atoms with Crippen molar-refractivity contribution in [1.82, 2.24) is 15.1 Å². The van der Waals surface area contributed by atoms with Crippen LogP contribution in [0.5, 0.6) is 0 Å². The van der Waals surface area contributed by atoms with Gasteiger partial charge in [0.1, 0.15) is 5.60 Å². The molecule has 0 aliphatic rings. The third-order valence-electron chi connectivity index (χ3n) is 1.64. The Morgan fingerprint density at radius 1 is 1.53 bits per heavy atom. The van der Waals surface area contributed by atoms with E-state index in [0.717, 1.165) is 0 Å². The van der Waals surface area contributed by atoms with Gasteiger partial charge in [0.15, 0.2) is 0 Å². The Bertz CT molecular complexity index is 390. The summed E-state index contributed by atoms with van der Waals surface area (Å²) in [6, 6.07) is 1.75. The molecule has 1 aromatic rings. The highest BCUT2D eigenvalue weighted by molar-refractivity contribution is 5.94. The Morgan fingerprint density at radius 2 is 2.24 bits per heavy atom. The van der Waals surface area contributed by atoms with E-state index >= 15 is 0 Å². The standard InChI is InChI=1S/C11H18N4O2/c1-5-12-9(15-8-6-7-13-15)14-10(16)17-11(2,3)4/h6-8H,5H2,1-4H3,(H,12,14,16). The number of aliphatic imine (C=N–C) groups is 1. The number of ether oxygens (including phenoxy) is 1. The van der Waals surface area contributed by atoms with Gasteiger partial charge in [-0.2, -0.15) is 5.10 Å². The van der Waals surface area contributed by atoms with E-state index in [1.54, 1.807) is 39.2 Å². The fourth-order valence-corrected chi connectivity index (χ4v) is 1.11. The molecular weight excluding hydrogens is 220 g/mol. The zero-order valence-corrected chi connectivity index (χ0v) is 10.6. The Kier molecular flexibility index (Phi) is 4.25. The Labute approximate surface area is 101 Å².